The highest BCUT2D eigenvalue weighted by molar-refractivity contribution is 5.91. The third-order valence-corrected chi connectivity index (χ3v) is 4.11. The molecule has 5 heteroatoms. The first kappa shape index (κ1) is 16.8. The topological polar surface area (TPSA) is 67.6 Å². The van der Waals surface area contributed by atoms with Gasteiger partial charge in [0.1, 0.15) is 0 Å². The van der Waals surface area contributed by atoms with Crippen LogP contribution in [0.5, 0.6) is 0 Å². The van der Waals surface area contributed by atoms with Gasteiger partial charge in [0.2, 0.25) is 5.91 Å². The van der Waals surface area contributed by atoms with Crippen LogP contribution in [0.25, 0.3) is 0 Å². The zero-order valence-corrected chi connectivity index (χ0v) is 13.4. The number of anilines is 2. The minimum absolute atomic E-state index is 0.0645. The van der Waals surface area contributed by atoms with E-state index in [4.69, 9.17) is 10.5 Å². The molecule has 1 aliphatic rings. The number of carbonyl (C=O) groups is 1. The molecule has 122 valence electrons. The molecular formula is C17H27N3O2. The van der Waals surface area contributed by atoms with Crippen molar-refractivity contribution in [2.24, 2.45) is 5.73 Å². The van der Waals surface area contributed by atoms with Gasteiger partial charge >= 0.3 is 0 Å². The first-order valence-corrected chi connectivity index (χ1v) is 8.10. The van der Waals surface area contributed by atoms with Crippen LogP contribution in [0, 0.1) is 0 Å². The Labute approximate surface area is 132 Å². The van der Waals surface area contributed by atoms with Crippen molar-refractivity contribution < 1.29 is 9.53 Å². The Kier molecular flexibility index (Phi) is 6.68. The van der Waals surface area contributed by atoms with Crippen LogP contribution in [0.4, 0.5) is 11.4 Å². The molecule has 0 bridgehead atoms. The molecule has 22 heavy (non-hydrogen) atoms. The second-order valence-electron chi connectivity index (χ2n) is 5.80. The van der Waals surface area contributed by atoms with Gasteiger partial charge in [0.15, 0.2) is 0 Å². The molecule has 1 fully saturated rings. The minimum atomic E-state index is -0.228. The summed E-state index contributed by atoms with van der Waals surface area (Å²) < 4.78 is 5.15. The molecule has 1 unspecified atom stereocenters. The number of methoxy groups -OCH3 is 1. The summed E-state index contributed by atoms with van der Waals surface area (Å²) in [6.45, 7) is 2.53. The van der Waals surface area contributed by atoms with Gasteiger partial charge in [-0.05, 0) is 31.0 Å². The first-order valence-electron chi connectivity index (χ1n) is 8.10. The van der Waals surface area contributed by atoms with Crippen LogP contribution < -0.4 is 16.0 Å². The Morgan fingerprint density at radius 2 is 2.05 bits per heavy atom. The van der Waals surface area contributed by atoms with E-state index in [9.17, 15) is 4.79 Å². The van der Waals surface area contributed by atoms with E-state index in [1.807, 2.05) is 18.2 Å². The van der Waals surface area contributed by atoms with Crippen molar-refractivity contribution in [2.45, 2.75) is 38.2 Å². The van der Waals surface area contributed by atoms with Gasteiger partial charge in [0.25, 0.3) is 0 Å². The lowest BCUT2D eigenvalue weighted by atomic mass is 10.2. The van der Waals surface area contributed by atoms with Crippen molar-refractivity contribution in [2.75, 3.05) is 37.0 Å². The van der Waals surface area contributed by atoms with Crippen molar-refractivity contribution in [1.82, 2.24) is 0 Å². The van der Waals surface area contributed by atoms with E-state index in [-0.39, 0.29) is 18.4 Å². The van der Waals surface area contributed by atoms with Gasteiger partial charge in [0.05, 0.1) is 12.5 Å². The van der Waals surface area contributed by atoms with E-state index in [0.717, 1.165) is 18.8 Å². The summed E-state index contributed by atoms with van der Waals surface area (Å²) in [4.78, 5) is 14.4. The maximum absolute atomic E-state index is 12.0. The zero-order chi connectivity index (χ0) is 15.8. The Balaban J connectivity index is 1.97. The van der Waals surface area contributed by atoms with Crippen LogP contribution in [0.2, 0.25) is 0 Å². The minimum Gasteiger partial charge on any atom is -0.380 e. The molecule has 1 aliphatic heterocycles. The molecule has 2 rings (SSSR count). The highest BCUT2D eigenvalue weighted by atomic mass is 16.5. The normalized spacial score (nSPS) is 16.9. The van der Waals surface area contributed by atoms with Crippen LogP contribution in [0.3, 0.4) is 0 Å². The van der Waals surface area contributed by atoms with Gasteiger partial charge in [-0.3, -0.25) is 4.79 Å². The predicted octanol–water partition coefficient (Wildman–Crippen LogP) is 2.37. The molecule has 3 N–H and O–H groups in total. The van der Waals surface area contributed by atoms with E-state index in [1.165, 1.54) is 31.4 Å². The molecule has 1 aromatic carbocycles. The Morgan fingerprint density at radius 3 is 2.68 bits per heavy atom. The standard InChI is InChI=1S/C17H27N3O2/c1-22-16(13-18)12-17(21)19-14-7-6-8-15(11-14)20-9-4-2-3-5-10-20/h6-8,11,16H,2-5,9-10,12-13,18H2,1H3,(H,19,21). The Morgan fingerprint density at radius 1 is 1.32 bits per heavy atom. The second-order valence-corrected chi connectivity index (χ2v) is 5.80. The number of nitrogens with two attached hydrogens (primary N) is 1. The lowest BCUT2D eigenvalue weighted by molar-refractivity contribution is -0.118. The Bertz CT molecular complexity index is 467. The average Bonchev–Trinajstić information content (AvgIpc) is 2.82. The van der Waals surface area contributed by atoms with Crippen molar-refractivity contribution in [1.29, 1.82) is 0 Å². The van der Waals surface area contributed by atoms with E-state index in [1.54, 1.807) is 7.11 Å². The molecule has 1 amide bonds. The van der Waals surface area contributed by atoms with Crippen molar-refractivity contribution in [3.8, 4) is 0 Å². The maximum atomic E-state index is 12.0. The Hall–Kier alpha value is -1.59. The molecular weight excluding hydrogens is 278 g/mol. The molecule has 1 heterocycles. The van der Waals surface area contributed by atoms with Gasteiger partial charge < -0.3 is 20.7 Å². The third kappa shape index (κ3) is 5.00. The quantitative estimate of drug-likeness (QED) is 0.846. The van der Waals surface area contributed by atoms with E-state index in [2.05, 4.69) is 16.3 Å². The summed E-state index contributed by atoms with van der Waals surface area (Å²) in [6, 6.07) is 8.07. The predicted molar refractivity (Wildman–Crippen MR) is 90.2 cm³/mol. The largest absolute Gasteiger partial charge is 0.380 e. The molecule has 0 radical (unpaired) electrons. The van der Waals surface area contributed by atoms with Crippen LogP contribution >= 0.6 is 0 Å². The van der Waals surface area contributed by atoms with E-state index >= 15 is 0 Å². The number of benzene rings is 1. The number of ether oxygens (including phenoxy) is 1. The molecule has 0 saturated carbocycles. The first-order chi connectivity index (χ1) is 10.7. The fourth-order valence-electron chi connectivity index (χ4n) is 2.79. The highest BCUT2D eigenvalue weighted by Gasteiger charge is 2.13. The third-order valence-electron chi connectivity index (χ3n) is 4.11. The monoisotopic (exact) mass is 305 g/mol. The SMILES string of the molecule is COC(CN)CC(=O)Nc1cccc(N2CCCCCC2)c1. The number of rotatable bonds is 6. The summed E-state index contributed by atoms with van der Waals surface area (Å²) >= 11 is 0. The molecule has 0 aliphatic carbocycles. The number of nitrogens with one attached hydrogen (secondary N) is 1. The second kappa shape index (κ2) is 8.76. The summed E-state index contributed by atoms with van der Waals surface area (Å²) in [6.07, 6.45) is 5.15. The van der Waals surface area contributed by atoms with Gasteiger partial charge in [0, 0.05) is 38.1 Å². The lowest BCUT2D eigenvalue weighted by Crippen LogP contribution is -2.28. The van der Waals surface area contributed by atoms with Gasteiger partial charge in [-0.25, -0.2) is 0 Å². The summed E-state index contributed by atoms with van der Waals surface area (Å²) in [5.74, 6) is -0.0645. The van der Waals surface area contributed by atoms with Crippen LogP contribution in [0.1, 0.15) is 32.1 Å². The van der Waals surface area contributed by atoms with Crippen molar-refractivity contribution in [3.63, 3.8) is 0 Å². The molecule has 0 aromatic heterocycles. The molecule has 0 spiro atoms. The van der Waals surface area contributed by atoms with Crippen molar-refractivity contribution in [3.05, 3.63) is 24.3 Å². The highest BCUT2D eigenvalue weighted by Crippen LogP contribution is 2.23. The number of amides is 1. The van der Waals surface area contributed by atoms with E-state index in [0.29, 0.717) is 6.54 Å². The number of nitrogens with zero attached hydrogens (tertiary/aromatic N) is 1. The van der Waals surface area contributed by atoms with Crippen LogP contribution in [-0.2, 0) is 9.53 Å². The summed E-state index contributed by atoms with van der Waals surface area (Å²) in [5, 5.41) is 2.93. The fourth-order valence-corrected chi connectivity index (χ4v) is 2.79. The number of hydrogen-bond acceptors (Lipinski definition) is 4. The average molecular weight is 305 g/mol. The smallest absolute Gasteiger partial charge is 0.227 e. The number of hydrogen-bond donors (Lipinski definition) is 2. The van der Waals surface area contributed by atoms with Crippen LogP contribution in [0.15, 0.2) is 24.3 Å². The van der Waals surface area contributed by atoms with Gasteiger partial charge in [-0.1, -0.05) is 18.9 Å². The van der Waals surface area contributed by atoms with Gasteiger partial charge in [-0.2, -0.15) is 0 Å². The van der Waals surface area contributed by atoms with Crippen molar-refractivity contribution >= 4 is 17.3 Å². The zero-order valence-electron chi connectivity index (χ0n) is 13.4. The summed E-state index contributed by atoms with van der Waals surface area (Å²) in [7, 11) is 1.57. The lowest BCUT2D eigenvalue weighted by Gasteiger charge is -2.23. The molecule has 5 nitrogen and oxygen atoms in total. The summed E-state index contributed by atoms with van der Waals surface area (Å²) in [5.41, 5.74) is 7.56. The molecule has 1 saturated heterocycles. The van der Waals surface area contributed by atoms with E-state index < -0.39 is 0 Å². The fraction of sp³-hybridized carbons (Fsp3) is 0.588. The van der Waals surface area contributed by atoms with Gasteiger partial charge in [-0.15, -0.1) is 0 Å². The number of carbonyl (C=O) groups excluding carboxylic acids is 1. The van der Waals surface area contributed by atoms with Crippen LogP contribution in [-0.4, -0.2) is 38.8 Å². The molecule has 1 aromatic rings. The maximum Gasteiger partial charge on any atom is 0.227 e. The molecule has 1 atom stereocenters.